The number of ether oxygens (including phenoxy) is 2. The standard InChI is InChI=1S/C51H66N12O11S2/c1-26(2)39-49(71)73-23-30(56-42(64)35-21-53-31-16-12-14-18-33(31)57-35)20-52-28(5)45(67)63(10)41-48(70)62(9)40(27(3)4)50(72)74-24-37(59-43(65)36-22-54-32-17-13-15-19-34(32)58-36)44(66)55-29(6)46(68)60(7)38(47(69)61(39)8)25-76-51(41)75-11/h12-19,21-22,26-30,37-41,51-52H,20,23-25H2,1-11H3,(H,55,66)(H,56,64)(H,59,65). The summed E-state index contributed by atoms with van der Waals surface area (Å²) in [5.74, 6) is -8.33. The van der Waals surface area contributed by atoms with E-state index in [1.807, 2.05) is 0 Å². The topological polar surface area (TPSA) is 285 Å². The van der Waals surface area contributed by atoms with Crippen molar-refractivity contribution in [3.8, 4) is 0 Å². The van der Waals surface area contributed by atoms with E-state index in [1.54, 1.807) is 89.4 Å². The molecule has 4 N–H and O–H groups in total. The molecule has 2 saturated heterocycles. The molecule has 2 bridgehead atoms. The Labute approximate surface area is 449 Å². The number of esters is 2. The second kappa shape index (κ2) is 25.7. The van der Waals surface area contributed by atoms with Crippen LogP contribution in [0.3, 0.4) is 0 Å². The van der Waals surface area contributed by atoms with Gasteiger partial charge in [0.25, 0.3) is 11.8 Å². The molecule has 76 heavy (non-hydrogen) atoms. The van der Waals surface area contributed by atoms with E-state index in [0.717, 1.165) is 16.7 Å². The fraction of sp³-hybridized carbons (Fsp3) is 0.510. The van der Waals surface area contributed by atoms with Gasteiger partial charge < -0.3 is 50.3 Å². The molecule has 2 aromatic heterocycles. The molecular weight excluding hydrogens is 1020 g/mol. The largest absolute Gasteiger partial charge is 0.462 e. The summed E-state index contributed by atoms with van der Waals surface area (Å²) in [4.78, 5) is 152. The molecule has 2 aromatic carbocycles. The van der Waals surface area contributed by atoms with Gasteiger partial charge in [-0.15, -0.1) is 23.5 Å². The summed E-state index contributed by atoms with van der Waals surface area (Å²) in [6.07, 6.45) is 4.24. The van der Waals surface area contributed by atoms with Gasteiger partial charge in [0.05, 0.1) is 51.1 Å². The summed E-state index contributed by atoms with van der Waals surface area (Å²) in [6, 6.07) is 3.52. The van der Waals surface area contributed by atoms with Gasteiger partial charge in [-0.3, -0.25) is 43.5 Å². The summed E-state index contributed by atoms with van der Waals surface area (Å²) in [6.45, 7) is 8.39. The molecule has 2 fully saturated rings. The van der Waals surface area contributed by atoms with Crippen molar-refractivity contribution in [2.45, 2.75) is 94.5 Å². The lowest BCUT2D eigenvalue weighted by Crippen LogP contribution is -2.60. The number of carbonyl (C=O) groups excluding carboxylic acids is 9. The summed E-state index contributed by atoms with van der Waals surface area (Å²) in [5.41, 5.74) is 1.74. The Bertz CT molecular complexity index is 2840. The normalized spacial score (nSPS) is 25.6. The van der Waals surface area contributed by atoms with Crippen LogP contribution in [0.1, 0.15) is 62.5 Å². The first kappa shape index (κ1) is 58.3. The summed E-state index contributed by atoms with van der Waals surface area (Å²) < 4.78 is 10.8. The van der Waals surface area contributed by atoms with Gasteiger partial charge in [-0.05, 0) is 56.2 Å². The number of rotatable bonds is 7. The third-order valence-electron chi connectivity index (χ3n) is 13.2. The smallest absolute Gasteiger partial charge is 0.329 e. The van der Waals surface area contributed by atoms with Crippen molar-refractivity contribution >= 4 is 98.9 Å². The molecule has 6 rings (SSSR count). The molecule has 0 aliphatic carbocycles. The average molecular weight is 1090 g/mol. The second-order valence-corrected chi connectivity index (χ2v) is 21.8. The van der Waals surface area contributed by atoms with Gasteiger partial charge in [-0.25, -0.2) is 19.6 Å². The second-order valence-electron chi connectivity index (χ2n) is 19.4. The van der Waals surface area contributed by atoms with Crippen LogP contribution in [0.5, 0.6) is 0 Å². The molecule has 9 unspecified atom stereocenters. The van der Waals surface area contributed by atoms with Crippen LogP contribution in [0.4, 0.5) is 0 Å². The van der Waals surface area contributed by atoms with Gasteiger partial charge in [0.2, 0.25) is 29.5 Å². The summed E-state index contributed by atoms with van der Waals surface area (Å²) >= 11 is 2.29. The van der Waals surface area contributed by atoms with E-state index in [2.05, 4.69) is 41.2 Å². The Balaban J connectivity index is 1.41. The van der Waals surface area contributed by atoms with Crippen LogP contribution < -0.4 is 21.3 Å². The molecule has 4 heterocycles. The van der Waals surface area contributed by atoms with Crippen LogP contribution in [0.2, 0.25) is 0 Å². The lowest BCUT2D eigenvalue weighted by molar-refractivity contribution is -0.159. The molecule has 23 nitrogen and oxygen atoms in total. The van der Waals surface area contributed by atoms with Crippen LogP contribution in [0.25, 0.3) is 22.1 Å². The highest BCUT2D eigenvalue weighted by Crippen LogP contribution is 2.32. The minimum atomic E-state index is -1.63. The number of hydrogen-bond donors (Lipinski definition) is 4. The third-order valence-corrected chi connectivity index (χ3v) is 16.0. The van der Waals surface area contributed by atoms with Crippen LogP contribution >= 0.6 is 23.5 Å². The van der Waals surface area contributed by atoms with E-state index in [1.165, 1.54) is 74.0 Å². The van der Waals surface area contributed by atoms with Crippen LogP contribution in [0.15, 0.2) is 60.9 Å². The van der Waals surface area contributed by atoms with E-state index in [0.29, 0.717) is 22.1 Å². The maximum absolute atomic E-state index is 15.2. The molecule has 9 atom stereocenters. The zero-order chi connectivity index (χ0) is 55.7. The van der Waals surface area contributed by atoms with Crippen molar-refractivity contribution in [3.63, 3.8) is 0 Å². The molecule has 0 radical (unpaired) electrons. The maximum Gasteiger partial charge on any atom is 0.329 e. The predicted molar refractivity (Wildman–Crippen MR) is 284 cm³/mol. The lowest BCUT2D eigenvalue weighted by atomic mass is 10.0. The van der Waals surface area contributed by atoms with Crippen molar-refractivity contribution < 1.29 is 52.6 Å². The first-order chi connectivity index (χ1) is 36.0. The quantitative estimate of drug-likeness (QED) is 0.189. The van der Waals surface area contributed by atoms with Gasteiger partial charge in [-0.1, -0.05) is 52.0 Å². The number of carbonyl (C=O) groups is 9. The Morgan fingerprint density at radius 2 is 1.14 bits per heavy atom. The first-order valence-electron chi connectivity index (χ1n) is 24.7. The first-order valence-corrected chi connectivity index (χ1v) is 27.0. The predicted octanol–water partition coefficient (Wildman–Crippen LogP) is 1.11. The van der Waals surface area contributed by atoms with E-state index in [9.17, 15) is 33.6 Å². The van der Waals surface area contributed by atoms with E-state index < -0.39 is 131 Å². The number of hydrogen-bond acceptors (Lipinski definition) is 18. The van der Waals surface area contributed by atoms with Crippen molar-refractivity contribution in [1.82, 2.24) is 60.8 Å². The number of likely N-dealkylation sites (N-methyl/N-ethyl adjacent to an activating group) is 4. The van der Waals surface area contributed by atoms with Crippen molar-refractivity contribution in [2.24, 2.45) is 11.8 Å². The molecule has 2 aliphatic heterocycles. The number of para-hydroxylation sites is 4. The number of amides is 7. The maximum atomic E-state index is 15.2. The van der Waals surface area contributed by atoms with Gasteiger partial charge >= 0.3 is 11.9 Å². The highest BCUT2D eigenvalue weighted by Gasteiger charge is 2.45. The molecule has 0 saturated carbocycles. The molecule has 2 aliphatic rings. The number of nitrogens with zero attached hydrogens (tertiary/aromatic N) is 8. The lowest BCUT2D eigenvalue weighted by Gasteiger charge is -2.40. The highest BCUT2D eigenvalue weighted by molar-refractivity contribution is 8.16. The Morgan fingerprint density at radius 1 is 0.658 bits per heavy atom. The summed E-state index contributed by atoms with van der Waals surface area (Å²) in [5, 5.41) is 11.1. The van der Waals surface area contributed by atoms with Gasteiger partial charge in [0.1, 0.15) is 60.9 Å². The monoisotopic (exact) mass is 1090 g/mol. The van der Waals surface area contributed by atoms with Gasteiger partial charge in [0.15, 0.2) is 0 Å². The molecular formula is C51H66N12O11S2. The average Bonchev–Trinajstić information content (AvgIpc) is 3.40. The fourth-order valence-corrected chi connectivity index (χ4v) is 11.5. The van der Waals surface area contributed by atoms with E-state index in [4.69, 9.17) is 9.47 Å². The number of thioether (sulfide) groups is 2. The third kappa shape index (κ3) is 13.5. The molecule has 408 valence electrons. The Kier molecular flexibility index (Phi) is 19.7. The zero-order valence-corrected chi connectivity index (χ0v) is 46.0. The molecule has 7 amide bonds. The molecule has 4 aromatic rings. The van der Waals surface area contributed by atoms with E-state index >= 15 is 9.59 Å². The van der Waals surface area contributed by atoms with Crippen LogP contribution in [0, 0.1) is 11.8 Å². The Morgan fingerprint density at radius 3 is 1.67 bits per heavy atom. The number of benzene rings is 2. The molecule has 25 heteroatoms. The van der Waals surface area contributed by atoms with Gasteiger partial charge in [0, 0.05) is 40.5 Å². The number of cyclic esters (lactones) is 2. The van der Waals surface area contributed by atoms with Crippen molar-refractivity contribution in [1.29, 1.82) is 0 Å². The molecule has 0 spiro atoms. The van der Waals surface area contributed by atoms with Crippen LogP contribution in [-0.4, -0.2) is 206 Å². The number of nitrogens with one attached hydrogen (secondary N) is 4. The van der Waals surface area contributed by atoms with E-state index in [-0.39, 0.29) is 23.7 Å². The zero-order valence-electron chi connectivity index (χ0n) is 44.3. The van der Waals surface area contributed by atoms with Crippen LogP contribution in [-0.2, 0) is 43.0 Å². The Hall–Kier alpha value is -6.99. The minimum Gasteiger partial charge on any atom is -0.462 e. The highest BCUT2D eigenvalue weighted by atomic mass is 32.2. The SMILES string of the molecule is CSC1SCC2C(=O)N(C)C(C(C)C)C(=O)OCC(NC(=O)c3cnc4ccccc4n3)CNC(C)C(=O)N(C)C1C(=O)N(C)C(C(C)C)C(=O)OCC(NC(=O)c1cnc3ccccc3n1)C(=O)NC(C)C(=O)N2C. The van der Waals surface area contributed by atoms with Crippen molar-refractivity contribution in [2.75, 3.05) is 60.0 Å². The summed E-state index contributed by atoms with van der Waals surface area (Å²) in [7, 11) is 5.58. The van der Waals surface area contributed by atoms with Crippen molar-refractivity contribution in [3.05, 3.63) is 72.3 Å². The number of fused-ring (bicyclic) bond motifs is 6. The van der Waals surface area contributed by atoms with Gasteiger partial charge in [-0.2, -0.15) is 0 Å². The fourth-order valence-electron chi connectivity index (χ4n) is 8.92. The minimum absolute atomic E-state index is 0.0270. The number of aromatic nitrogens is 4.